The number of benzene rings is 2. The zero-order valence-electron chi connectivity index (χ0n) is 17.7. The summed E-state index contributed by atoms with van der Waals surface area (Å²) in [4.78, 5) is 17.4. The first kappa shape index (κ1) is 23.3. The van der Waals surface area contributed by atoms with Gasteiger partial charge in [-0.25, -0.2) is 17.2 Å². The Balaban J connectivity index is 1.73. The molecular formula is C22H21F2N3O4S2. The van der Waals surface area contributed by atoms with Crippen molar-refractivity contribution < 1.29 is 26.7 Å². The zero-order valence-corrected chi connectivity index (χ0v) is 19.3. The van der Waals surface area contributed by atoms with Crippen molar-refractivity contribution in [3.63, 3.8) is 0 Å². The van der Waals surface area contributed by atoms with Gasteiger partial charge in [0.15, 0.2) is 10.6 Å². The summed E-state index contributed by atoms with van der Waals surface area (Å²) in [6, 6.07) is 6.86. The van der Waals surface area contributed by atoms with Gasteiger partial charge in [0.05, 0.1) is 22.2 Å². The summed E-state index contributed by atoms with van der Waals surface area (Å²) in [7, 11) is -2.46. The highest BCUT2D eigenvalue weighted by Crippen LogP contribution is 2.28. The molecule has 4 rings (SSSR count). The standard InChI is InChI=1S/C22H21F2N3O4S2/c1-3-10-26-20-17(24)12-14(23)13-19(20)32-22(26)25-21(28)18-5-4-11-27(18)33(29,30)16-8-6-15(31-2)7-9-16/h3,6-9,12-13,18H,1,4-5,10-11H2,2H3. The average molecular weight is 494 g/mol. The van der Waals surface area contributed by atoms with E-state index in [1.165, 1.54) is 48.1 Å². The molecule has 2 aromatic carbocycles. The van der Waals surface area contributed by atoms with E-state index in [9.17, 15) is 22.0 Å². The van der Waals surface area contributed by atoms with Crippen LogP contribution in [0.15, 0.2) is 58.9 Å². The number of nitrogens with zero attached hydrogens (tertiary/aromatic N) is 3. The Bertz CT molecular complexity index is 1400. The number of rotatable bonds is 6. The van der Waals surface area contributed by atoms with Crippen LogP contribution < -0.4 is 9.54 Å². The molecule has 0 bridgehead atoms. The summed E-state index contributed by atoms with van der Waals surface area (Å²) in [6.07, 6.45) is 2.32. The molecule has 1 unspecified atom stereocenters. The van der Waals surface area contributed by atoms with Crippen LogP contribution in [0.1, 0.15) is 12.8 Å². The minimum absolute atomic E-state index is 0.0455. The summed E-state index contributed by atoms with van der Waals surface area (Å²) in [5.74, 6) is -1.66. The molecular weight excluding hydrogens is 472 g/mol. The van der Waals surface area contributed by atoms with Crippen LogP contribution in [0.3, 0.4) is 0 Å². The van der Waals surface area contributed by atoms with E-state index < -0.39 is 33.6 Å². The highest BCUT2D eigenvalue weighted by Gasteiger charge is 2.39. The Labute approximate surface area is 193 Å². The predicted octanol–water partition coefficient (Wildman–Crippen LogP) is 3.46. The van der Waals surface area contributed by atoms with Crippen molar-refractivity contribution in [3.05, 3.63) is 65.5 Å². The third kappa shape index (κ3) is 4.35. The van der Waals surface area contributed by atoms with E-state index in [0.717, 1.165) is 21.7 Å². The van der Waals surface area contributed by atoms with Crippen LogP contribution in [-0.4, -0.2) is 42.9 Å². The maximum atomic E-state index is 14.4. The highest BCUT2D eigenvalue weighted by atomic mass is 32.2. The number of carbonyl (C=O) groups is 1. The van der Waals surface area contributed by atoms with Gasteiger partial charge in [-0.1, -0.05) is 17.4 Å². The normalized spacial score (nSPS) is 17.5. The maximum absolute atomic E-state index is 14.4. The van der Waals surface area contributed by atoms with Crippen LogP contribution in [0.5, 0.6) is 5.75 Å². The van der Waals surface area contributed by atoms with Gasteiger partial charge < -0.3 is 9.30 Å². The molecule has 0 radical (unpaired) electrons. The van der Waals surface area contributed by atoms with Crippen molar-refractivity contribution in [1.82, 2.24) is 8.87 Å². The molecule has 11 heteroatoms. The number of methoxy groups -OCH3 is 1. The predicted molar refractivity (Wildman–Crippen MR) is 120 cm³/mol. The van der Waals surface area contributed by atoms with Crippen LogP contribution >= 0.6 is 11.3 Å². The first-order valence-electron chi connectivity index (χ1n) is 10.1. The van der Waals surface area contributed by atoms with Crippen LogP contribution in [0, 0.1) is 11.6 Å². The van der Waals surface area contributed by atoms with Gasteiger partial charge in [0, 0.05) is 19.2 Å². The van der Waals surface area contributed by atoms with Crippen LogP contribution in [0.25, 0.3) is 10.2 Å². The number of hydrogen-bond acceptors (Lipinski definition) is 5. The third-order valence-corrected chi connectivity index (χ3v) is 8.32. The molecule has 0 spiro atoms. The lowest BCUT2D eigenvalue weighted by atomic mass is 10.2. The van der Waals surface area contributed by atoms with E-state index >= 15 is 0 Å². The summed E-state index contributed by atoms with van der Waals surface area (Å²) in [5, 5.41) is 0. The monoisotopic (exact) mass is 493 g/mol. The Morgan fingerprint density at radius 3 is 2.70 bits per heavy atom. The van der Waals surface area contributed by atoms with Gasteiger partial charge in [0.25, 0.3) is 5.91 Å². The molecule has 0 N–H and O–H groups in total. The summed E-state index contributed by atoms with van der Waals surface area (Å²) < 4.78 is 62.4. The van der Waals surface area contributed by atoms with Gasteiger partial charge in [-0.2, -0.15) is 9.30 Å². The first-order valence-corrected chi connectivity index (χ1v) is 12.4. The number of thiazole rings is 1. The van der Waals surface area contributed by atoms with Crippen molar-refractivity contribution in [2.24, 2.45) is 4.99 Å². The molecule has 1 aromatic heterocycles. The fraction of sp³-hybridized carbons (Fsp3) is 0.273. The number of allylic oxidation sites excluding steroid dienone is 1. The second kappa shape index (κ2) is 9.16. The van der Waals surface area contributed by atoms with Gasteiger partial charge in [0.1, 0.15) is 17.6 Å². The Hall–Kier alpha value is -2.89. The molecule has 1 fully saturated rings. The number of carbonyl (C=O) groups excluding carboxylic acids is 1. The fourth-order valence-corrected chi connectivity index (χ4v) is 6.57. The van der Waals surface area contributed by atoms with Crippen LogP contribution in [-0.2, 0) is 21.4 Å². The highest BCUT2D eigenvalue weighted by molar-refractivity contribution is 7.89. The molecule has 174 valence electrons. The second-order valence-electron chi connectivity index (χ2n) is 7.42. The third-order valence-electron chi connectivity index (χ3n) is 5.37. The van der Waals surface area contributed by atoms with Gasteiger partial charge in [-0.3, -0.25) is 4.79 Å². The Morgan fingerprint density at radius 1 is 1.30 bits per heavy atom. The van der Waals surface area contributed by atoms with E-state index in [1.807, 2.05) is 0 Å². The molecule has 7 nitrogen and oxygen atoms in total. The molecule has 2 heterocycles. The second-order valence-corrected chi connectivity index (χ2v) is 10.3. The molecule has 1 aliphatic rings. The number of amides is 1. The largest absolute Gasteiger partial charge is 0.497 e. The molecule has 3 aromatic rings. The number of halogens is 2. The minimum atomic E-state index is -3.94. The number of aromatic nitrogens is 1. The molecule has 0 saturated carbocycles. The molecule has 1 saturated heterocycles. The molecule has 1 atom stereocenters. The SMILES string of the molecule is C=CCn1c(=NC(=O)C2CCCN2S(=O)(=O)c2ccc(OC)cc2)sc2cc(F)cc(F)c21. The quantitative estimate of drug-likeness (QED) is 0.493. The number of ether oxygens (including phenoxy) is 1. The fourth-order valence-electron chi connectivity index (χ4n) is 3.84. The Kier molecular flexibility index (Phi) is 6.46. The topological polar surface area (TPSA) is 81.0 Å². The van der Waals surface area contributed by atoms with Crippen molar-refractivity contribution >= 4 is 37.5 Å². The summed E-state index contributed by atoms with van der Waals surface area (Å²) in [5.41, 5.74) is 0.113. The van der Waals surface area contributed by atoms with Crippen molar-refractivity contribution in [2.45, 2.75) is 30.3 Å². The van der Waals surface area contributed by atoms with E-state index in [2.05, 4.69) is 11.6 Å². The Morgan fingerprint density at radius 2 is 2.03 bits per heavy atom. The van der Waals surface area contributed by atoms with Gasteiger partial charge in [-0.05, 0) is 43.2 Å². The van der Waals surface area contributed by atoms with Crippen molar-refractivity contribution in [1.29, 1.82) is 0 Å². The maximum Gasteiger partial charge on any atom is 0.266 e. The van der Waals surface area contributed by atoms with Crippen molar-refractivity contribution in [3.8, 4) is 5.75 Å². The number of fused-ring (bicyclic) bond motifs is 1. The van der Waals surface area contributed by atoms with Crippen LogP contribution in [0.2, 0.25) is 0 Å². The molecule has 1 aliphatic heterocycles. The molecule has 1 amide bonds. The minimum Gasteiger partial charge on any atom is -0.497 e. The first-order chi connectivity index (χ1) is 15.8. The van der Waals surface area contributed by atoms with Gasteiger partial charge >= 0.3 is 0 Å². The van der Waals surface area contributed by atoms with E-state index in [0.29, 0.717) is 18.6 Å². The lowest BCUT2D eigenvalue weighted by Crippen LogP contribution is -2.40. The number of hydrogen-bond donors (Lipinski definition) is 0. The van der Waals surface area contributed by atoms with Gasteiger partial charge in [0.2, 0.25) is 10.0 Å². The lowest BCUT2D eigenvalue weighted by molar-refractivity contribution is -0.121. The summed E-state index contributed by atoms with van der Waals surface area (Å²) in [6.45, 7) is 3.97. The molecule has 33 heavy (non-hydrogen) atoms. The van der Waals surface area contributed by atoms with Crippen molar-refractivity contribution in [2.75, 3.05) is 13.7 Å². The van der Waals surface area contributed by atoms with E-state index in [1.54, 1.807) is 0 Å². The smallest absolute Gasteiger partial charge is 0.266 e. The lowest BCUT2D eigenvalue weighted by Gasteiger charge is -2.21. The zero-order chi connectivity index (χ0) is 23.8. The average Bonchev–Trinajstić information content (AvgIpc) is 3.40. The van der Waals surface area contributed by atoms with Crippen LogP contribution in [0.4, 0.5) is 8.78 Å². The van der Waals surface area contributed by atoms with E-state index in [4.69, 9.17) is 4.74 Å². The summed E-state index contributed by atoms with van der Waals surface area (Å²) >= 11 is 0.954. The molecule has 0 aliphatic carbocycles. The van der Waals surface area contributed by atoms with Gasteiger partial charge in [-0.15, -0.1) is 6.58 Å². The van der Waals surface area contributed by atoms with E-state index in [-0.39, 0.29) is 33.0 Å². The number of sulfonamides is 1.